The zero-order chi connectivity index (χ0) is 20.5. The van der Waals surface area contributed by atoms with Crippen molar-refractivity contribution in [1.29, 1.82) is 0 Å². The predicted octanol–water partition coefficient (Wildman–Crippen LogP) is 1.17. The Balaban J connectivity index is 1.35. The number of amides is 3. The third kappa shape index (κ3) is 6.15. The van der Waals surface area contributed by atoms with Gasteiger partial charge in [0.05, 0.1) is 0 Å². The standard InChI is InChI=1S/C20H27N7O2/c1-2-21-18(28)16-4-6-17(7-5-16)25-20(29)24-10-11-26-12-14-27(15-13-26)19-22-8-3-9-23-19/h3-9H,2,10-15H2,1H3,(H,21,28)(H2,24,25,29). The summed E-state index contributed by atoms with van der Waals surface area (Å²) in [5.41, 5.74) is 1.21. The maximum atomic E-state index is 12.1. The minimum absolute atomic E-state index is 0.123. The molecule has 154 valence electrons. The number of carbonyl (C=O) groups is 2. The normalized spacial score (nSPS) is 14.3. The van der Waals surface area contributed by atoms with Crippen molar-refractivity contribution in [2.75, 3.05) is 56.0 Å². The molecule has 1 aromatic carbocycles. The first-order valence-electron chi connectivity index (χ1n) is 9.83. The molecule has 9 nitrogen and oxygen atoms in total. The fraction of sp³-hybridized carbons (Fsp3) is 0.400. The molecule has 1 aliphatic rings. The molecule has 0 saturated carbocycles. The summed E-state index contributed by atoms with van der Waals surface area (Å²) in [6.07, 6.45) is 3.51. The van der Waals surface area contributed by atoms with Gasteiger partial charge < -0.3 is 20.9 Å². The number of nitrogens with zero attached hydrogens (tertiary/aromatic N) is 4. The minimum atomic E-state index is -0.257. The van der Waals surface area contributed by atoms with Crippen LogP contribution in [0.15, 0.2) is 42.7 Å². The maximum Gasteiger partial charge on any atom is 0.319 e. The van der Waals surface area contributed by atoms with Gasteiger partial charge in [-0.25, -0.2) is 14.8 Å². The van der Waals surface area contributed by atoms with Crippen LogP contribution in [0.25, 0.3) is 0 Å². The first-order chi connectivity index (χ1) is 14.2. The van der Waals surface area contributed by atoms with Gasteiger partial charge in [0.15, 0.2) is 0 Å². The SMILES string of the molecule is CCNC(=O)c1ccc(NC(=O)NCCN2CCN(c3ncccn3)CC2)cc1. The van der Waals surface area contributed by atoms with Gasteiger partial charge in [0.1, 0.15) is 0 Å². The van der Waals surface area contributed by atoms with E-state index in [0.29, 0.717) is 24.3 Å². The summed E-state index contributed by atoms with van der Waals surface area (Å²) in [5, 5.41) is 8.39. The van der Waals surface area contributed by atoms with E-state index in [1.807, 2.05) is 13.0 Å². The number of carbonyl (C=O) groups excluding carboxylic acids is 2. The molecule has 0 atom stereocenters. The van der Waals surface area contributed by atoms with E-state index in [-0.39, 0.29) is 11.9 Å². The molecule has 3 rings (SSSR count). The van der Waals surface area contributed by atoms with Crippen LogP contribution in [0.4, 0.5) is 16.4 Å². The number of benzene rings is 1. The summed E-state index contributed by atoms with van der Waals surface area (Å²) in [6.45, 7) is 7.35. The van der Waals surface area contributed by atoms with Crippen molar-refractivity contribution in [1.82, 2.24) is 25.5 Å². The molecule has 3 amide bonds. The van der Waals surface area contributed by atoms with E-state index in [1.165, 1.54) is 0 Å². The highest BCUT2D eigenvalue weighted by Crippen LogP contribution is 2.10. The molecule has 3 N–H and O–H groups in total. The molecule has 0 unspecified atom stereocenters. The van der Waals surface area contributed by atoms with Gasteiger partial charge in [-0.15, -0.1) is 0 Å². The van der Waals surface area contributed by atoms with Crippen molar-refractivity contribution in [3.63, 3.8) is 0 Å². The number of hydrogen-bond donors (Lipinski definition) is 3. The number of nitrogens with one attached hydrogen (secondary N) is 3. The van der Waals surface area contributed by atoms with E-state index in [4.69, 9.17) is 0 Å². The van der Waals surface area contributed by atoms with E-state index in [9.17, 15) is 9.59 Å². The highest BCUT2D eigenvalue weighted by Gasteiger charge is 2.18. The molecular weight excluding hydrogens is 370 g/mol. The van der Waals surface area contributed by atoms with E-state index in [0.717, 1.165) is 38.7 Å². The van der Waals surface area contributed by atoms with Gasteiger partial charge in [-0.05, 0) is 37.3 Å². The monoisotopic (exact) mass is 397 g/mol. The number of piperazine rings is 1. The highest BCUT2D eigenvalue weighted by molar-refractivity contribution is 5.95. The van der Waals surface area contributed by atoms with Crippen molar-refractivity contribution in [2.45, 2.75) is 6.92 Å². The van der Waals surface area contributed by atoms with Crippen LogP contribution in [-0.4, -0.2) is 72.6 Å². The largest absolute Gasteiger partial charge is 0.352 e. The maximum absolute atomic E-state index is 12.1. The molecule has 29 heavy (non-hydrogen) atoms. The zero-order valence-electron chi connectivity index (χ0n) is 16.6. The van der Waals surface area contributed by atoms with Crippen molar-refractivity contribution in [3.8, 4) is 0 Å². The summed E-state index contributed by atoms with van der Waals surface area (Å²) < 4.78 is 0. The van der Waals surface area contributed by atoms with Gasteiger partial charge in [0, 0.05) is 69.5 Å². The summed E-state index contributed by atoms with van der Waals surface area (Å²) in [6, 6.07) is 8.37. The second kappa shape index (κ2) is 10.4. The van der Waals surface area contributed by atoms with E-state index in [2.05, 4.69) is 35.7 Å². The smallest absolute Gasteiger partial charge is 0.319 e. The second-order valence-corrected chi connectivity index (χ2v) is 6.70. The Morgan fingerprint density at radius 3 is 2.34 bits per heavy atom. The second-order valence-electron chi connectivity index (χ2n) is 6.70. The molecule has 2 heterocycles. The molecule has 2 aromatic rings. The molecule has 1 saturated heterocycles. The van der Waals surface area contributed by atoms with Crippen LogP contribution in [0.3, 0.4) is 0 Å². The molecule has 0 bridgehead atoms. The number of rotatable bonds is 7. The molecule has 1 aromatic heterocycles. The van der Waals surface area contributed by atoms with Gasteiger partial charge in [-0.2, -0.15) is 0 Å². The third-order valence-electron chi connectivity index (χ3n) is 4.66. The van der Waals surface area contributed by atoms with Crippen LogP contribution >= 0.6 is 0 Å². The molecule has 1 fully saturated rings. The first kappa shape index (κ1) is 20.5. The van der Waals surface area contributed by atoms with Crippen LogP contribution in [0.5, 0.6) is 0 Å². The summed E-state index contributed by atoms with van der Waals surface area (Å²) in [4.78, 5) is 36.9. The Morgan fingerprint density at radius 2 is 1.69 bits per heavy atom. The first-order valence-corrected chi connectivity index (χ1v) is 9.83. The Bertz CT molecular complexity index is 790. The molecule has 1 aliphatic heterocycles. The van der Waals surface area contributed by atoms with E-state index in [1.54, 1.807) is 36.7 Å². The van der Waals surface area contributed by atoms with Crippen LogP contribution in [0, 0.1) is 0 Å². The fourth-order valence-corrected chi connectivity index (χ4v) is 3.10. The highest BCUT2D eigenvalue weighted by atomic mass is 16.2. The van der Waals surface area contributed by atoms with Crippen molar-refractivity contribution in [3.05, 3.63) is 48.3 Å². The lowest BCUT2D eigenvalue weighted by molar-refractivity contribution is 0.0956. The summed E-state index contributed by atoms with van der Waals surface area (Å²) in [5.74, 6) is 0.644. The van der Waals surface area contributed by atoms with Crippen molar-refractivity contribution < 1.29 is 9.59 Å². The van der Waals surface area contributed by atoms with Crippen LogP contribution in [-0.2, 0) is 0 Å². The molecule has 0 radical (unpaired) electrons. The van der Waals surface area contributed by atoms with E-state index >= 15 is 0 Å². The van der Waals surface area contributed by atoms with Crippen LogP contribution < -0.4 is 20.9 Å². The molecule has 9 heteroatoms. The Labute approximate surface area is 170 Å². The van der Waals surface area contributed by atoms with Gasteiger partial charge >= 0.3 is 6.03 Å². The average Bonchev–Trinajstić information content (AvgIpc) is 2.75. The lowest BCUT2D eigenvalue weighted by Crippen LogP contribution is -2.49. The third-order valence-corrected chi connectivity index (χ3v) is 4.66. The summed E-state index contributed by atoms with van der Waals surface area (Å²) >= 11 is 0. The lowest BCUT2D eigenvalue weighted by Gasteiger charge is -2.34. The van der Waals surface area contributed by atoms with E-state index < -0.39 is 0 Å². The van der Waals surface area contributed by atoms with Gasteiger partial charge in [-0.3, -0.25) is 9.69 Å². The van der Waals surface area contributed by atoms with Crippen molar-refractivity contribution >= 4 is 23.6 Å². The molecular formula is C20H27N7O2. The van der Waals surface area contributed by atoms with Crippen molar-refractivity contribution in [2.24, 2.45) is 0 Å². The number of hydrogen-bond acceptors (Lipinski definition) is 6. The van der Waals surface area contributed by atoms with Gasteiger partial charge in [0.25, 0.3) is 5.91 Å². The molecule has 0 aliphatic carbocycles. The zero-order valence-corrected chi connectivity index (χ0v) is 16.6. The molecule has 0 spiro atoms. The lowest BCUT2D eigenvalue weighted by atomic mass is 10.2. The Morgan fingerprint density at radius 1 is 1.00 bits per heavy atom. The topological polar surface area (TPSA) is 102 Å². The van der Waals surface area contributed by atoms with Crippen LogP contribution in [0.2, 0.25) is 0 Å². The Kier molecular flexibility index (Phi) is 7.34. The predicted molar refractivity (Wildman–Crippen MR) is 112 cm³/mol. The number of urea groups is 1. The number of anilines is 2. The number of aromatic nitrogens is 2. The Hall–Kier alpha value is -3.20. The van der Waals surface area contributed by atoms with Crippen LogP contribution in [0.1, 0.15) is 17.3 Å². The average molecular weight is 397 g/mol. The quantitative estimate of drug-likeness (QED) is 0.648. The minimum Gasteiger partial charge on any atom is -0.352 e. The van der Waals surface area contributed by atoms with Gasteiger partial charge in [-0.1, -0.05) is 0 Å². The fourth-order valence-electron chi connectivity index (χ4n) is 3.10. The van der Waals surface area contributed by atoms with Gasteiger partial charge in [0.2, 0.25) is 5.95 Å². The summed E-state index contributed by atoms with van der Waals surface area (Å²) in [7, 11) is 0.